The van der Waals surface area contributed by atoms with Gasteiger partial charge in [0, 0.05) is 39.0 Å². The van der Waals surface area contributed by atoms with E-state index in [4.69, 9.17) is 9.97 Å². The number of aromatic nitrogens is 2. The lowest BCUT2D eigenvalue weighted by Gasteiger charge is -2.29. The second-order valence-electron chi connectivity index (χ2n) is 9.73. The monoisotopic (exact) mass is 534 g/mol. The molecular formula is C35H26N4S. The third kappa shape index (κ3) is 4.72. The van der Waals surface area contributed by atoms with Crippen molar-refractivity contribution >= 4 is 23.2 Å². The molecule has 1 atom stereocenters. The van der Waals surface area contributed by atoms with Gasteiger partial charge in [-0.05, 0) is 41.3 Å². The number of nitrogens with one attached hydrogen (secondary N) is 1. The smallest absolute Gasteiger partial charge is 0.160 e. The highest BCUT2D eigenvalue weighted by Gasteiger charge is 2.25. The molecule has 0 saturated carbocycles. The lowest BCUT2D eigenvalue weighted by atomic mass is 10.0. The fraction of sp³-hybridized carbons (Fsp3) is 0.0286. The van der Waals surface area contributed by atoms with Crippen molar-refractivity contribution in [3.8, 4) is 33.9 Å². The first kappa shape index (κ1) is 24.2. The highest BCUT2D eigenvalue weighted by Crippen LogP contribution is 2.38. The number of nitrogens with zero attached hydrogens (tertiary/aromatic N) is 3. The van der Waals surface area contributed by atoms with Crippen LogP contribution in [0, 0.1) is 0 Å². The van der Waals surface area contributed by atoms with E-state index in [1.54, 1.807) is 11.9 Å². The number of benzene rings is 4. The third-order valence-electron chi connectivity index (χ3n) is 7.08. The second-order valence-corrected chi connectivity index (χ2v) is 10.8. The quantitative estimate of drug-likeness (QED) is 0.235. The standard InChI is InChI=1S/C35H26N4S/c1-24-30-14-8-9-15-33(30)40-39-23-29(20-21-34(39)36-24)25-16-18-28(19-17-25)35-37-31(26-10-4-2-5-11-26)22-32(38-35)27-12-6-3-7-13-27/h2-23,34,36H,1H2. The van der Waals surface area contributed by atoms with Crippen LogP contribution in [0.25, 0.3) is 45.2 Å². The van der Waals surface area contributed by atoms with Crippen LogP contribution < -0.4 is 5.32 Å². The van der Waals surface area contributed by atoms with E-state index in [2.05, 4.69) is 113 Å². The molecule has 1 aromatic heterocycles. The maximum atomic E-state index is 4.97. The summed E-state index contributed by atoms with van der Waals surface area (Å²) >= 11 is 1.73. The van der Waals surface area contributed by atoms with Crippen LogP contribution in [0.3, 0.4) is 0 Å². The number of hydrogen-bond acceptors (Lipinski definition) is 5. The van der Waals surface area contributed by atoms with Crippen molar-refractivity contribution < 1.29 is 0 Å². The summed E-state index contributed by atoms with van der Waals surface area (Å²) in [5.41, 5.74) is 9.29. The Morgan fingerprint density at radius 1 is 0.675 bits per heavy atom. The second kappa shape index (κ2) is 10.4. The summed E-state index contributed by atoms with van der Waals surface area (Å²) in [6, 6.07) is 39.5. The molecule has 2 aliphatic rings. The molecule has 5 heteroatoms. The number of rotatable bonds is 4. The lowest BCUT2D eigenvalue weighted by Crippen LogP contribution is -2.36. The normalized spacial score (nSPS) is 15.9. The van der Waals surface area contributed by atoms with Crippen molar-refractivity contribution in [1.29, 1.82) is 0 Å². The first-order valence-electron chi connectivity index (χ1n) is 13.2. The Morgan fingerprint density at radius 3 is 1.95 bits per heavy atom. The Morgan fingerprint density at radius 2 is 1.27 bits per heavy atom. The largest absolute Gasteiger partial charge is 0.361 e. The van der Waals surface area contributed by atoms with E-state index in [1.807, 2.05) is 36.4 Å². The molecule has 0 bridgehead atoms. The molecule has 3 heterocycles. The lowest BCUT2D eigenvalue weighted by molar-refractivity contribution is 0.484. The van der Waals surface area contributed by atoms with Gasteiger partial charge in [0.05, 0.1) is 11.4 Å². The Balaban J connectivity index is 1.22. The molecular weight excluding hydrogens is 508 g/mol. The molecule has 1 unspecified atom stereocenters. The Hall–Kier alpha value is -4.87. The van der Waals surface area contributed by atoms with Crippen molar-refractivity contribution in [1.82, 2.24) is 19.6 Å². The topological polar surface area (TPSA) is 41.1 Å². The van der Waals surface area contributed by atoms with Crippen LogP contribution in [0.4, 0.5) is 0 Å². The average molecular weight is 535 g/mol. The van der Waals surface area contributed by atoms with Gasteiger partial charge >= 0.3 is 0 Å². The van der Waals surface area contributed by atoms with Gasteiger partial charge in [-0.2, -0.15) is 0 Å². The summed E-state index contributed by atoms with van der Waals surface area (Å²) in [4.78, 5) is 11.1. The Labute approximate surface area is 238 Å². The van der Waals surface area contributed by atoms with E-state index in [-0.39, 0.29) is 6.17 Å². The molecule has 4 aromatic carbocycles. The van der Waals surface area contributed by atoms with E-state index in [0.717, 1.165) is 50.5 Å². The molecule has 0 radical (unpaired) electrons. The Bertz CT molecular complexity index is 1700. The zero-order valence-electron chi connectivity index (χ0n) is 21.7. The molecule has 5 aromatic rings. The summed E-state index contributed by atoms with van der Waals surface area (Å²) in [5.74, 6) is 0.711. The highest BCUT2D eigenvalue weighted by molar-refractivity contribution is 7.97. The molecule has 192 valence electrons. The van der Waals surface area contributed by atoms with E-state index >= 15 is 0 Å². The zero-order chi connectivity index (χ0) is 26.9. The van der Waals surface area contributed by atoms with E-state index in [1.165, 1.54) is 4.90 Å². The van der Waals surface area contributed by atoms with Crippen molar-refractivity contribution in [3.63, 3.8) is 0 Å². The van der Waals surface area contributed by atoms with E-state index < -0.39 is 0 Å². The van der Waals surface area contributed by atoms with Gasteiger partial charge in [0.2, 0.25) is 0 Å². The molecule has 4 nitrogen and oxygen atoms in total. The van der Waals surface area contributed by atoms with Crippen molar-refractivity contribution in [2.75, 3.05) is 0 Å². The minimum Gasteiger partial charge on any atom is -0.361 e. The van der Waals surface area contributed by atoms with Crippen molar-refractivity contribution in [3.05, 3.63) is 151 Å². The van der Waals surface area contributed by atoms with Gasteiger partial charge in [-0.3, -0.25) is 4.31 Å². The molecule has 0 aliphatic carbocycles. The van der Waals surface area contributed by atoms with Crippen molar-refractivity contribution in [2.45, 2.75) is 11.1 Å². The number of allylic oxidation sites excluding steroid dienone is 2. The number of hydrogen-bond donors (Lipinski definition) is 1. The minimum atomic E-state index is 0.0402. The van der Waals surface area contributed by atoms with Crippen LogP contribution in [0.2, 0.25) is 0 Å². The summed E-state index contributed by atoms with van der Waals surface area (Å²) in [6.45, 7) is 4.26. The maximum absolute atomic E-state index is 4.97. The van der Waals surface area contributed by atoms with Gasteiger partial charge in [-0.1, -0.05) is 116 Å². The summed E-state index contributed by atoms with van der Waals surface area (Å²) in [7, 11) is 0. The molecule has 40 heavy (non-hydrogen) atoms. The zero-order valence-corrected chi connectivity index (χ0v) is 22.6. The average Bonchev–Trinajstić information content (AvgIpc) is 3.17. The van der Waals surface area contributed by atoms with Crippen LogP contribution in [-0.4, -0.2) is 20.4 Å². The maximum Gasteiger partial charge on any atom is 0.160 e. The van der Waals surface area contributed by atoms with Gasteiger partial charge in [0.25, 0.3) is 0 Å². The fourth-order valence-electron chi connectivity index (χ4n) is 4.97. The number of fused-ring (bicyclic) bond motifs is 2. The van der Waals surface area contributed by atoms with Crippen molar-refractivity contribution in [2.24, 2.45) is 0 Å². The summed E-state index contributed by atoms with van der Waals surface area (Å²) in [6.07, 6.45) is 6.60. The summed E-state index contributed by atoms with van der Waals surface area (Å²) in [5, 5.41) is 3.54. The molecule has 2 aliphatic heterocycles. The fourth-order valence-corrected chi connectivity index (χ4v) is 6.03. The van der Waals surface area contributed by atoms with Crippen LogP contribution in [0.1, 0.15) is 11.1 Å². The van der Waals surface area contributed by atoms with Crippen LogP contribution in [0.15, 0.2) is 145 Å². The molecule has 1 N–H and O–H groups in total. The minimum absolute atomic E-state index is 0.0402. The van der Waals surface area contributed by atoms with Crippen LogP contribution in [0.5, 0.6) is 0 Å². The molecule has 0 fully saturated rings. The highest BCUT2D eigenvalue weighted by atomic mass is 32.2. The van der Waals surface area contributed by atoms with Gasteiger partial charge in [0.15, 0.2) is 5.82 Å². The third-order valence-corrected chi connectivity index (χ3v) is 8.17. The Kier molecular flexibility index (Phi) is 6.27. The van der Waals surface area contributed by atoms with E-state index in [9.17, 15) is 0 Å². The molecule has 0 amide bonds. The van der Waals surface area contributed by atoms with E-state index in [0.29, 0.717) is 5.82 Å². The first-order chi connectivity index (χ1) is 19.7. The van der Waals surface area contributed by atoms with Crippen LogP contribution in [-0.2, 0) is 0 Å². The van der Waals surface area contributed by atoms with Gasteiger partial charge < -0.3 is 5.32 Å². The molecule has 0 spiro atoms. The van der Waals surface area contributed by atoms with Gasteiger partial charge in [-0.25, -0.2) is 9.97 Å². The SMILES string of the molecule is C=C1NC2C=CC(c3ccc(-c4nc(-c5ccccc5)cc(-c5ccccc5)n4)cc3)=CN2Sc2ccccc21. The summed E-state index contributed by atoms with van der Waals surface area (Å²) < 4.78 is 2.25. The van der Waals surface area contributed by atoms with Gasteiger partial charge in [-0.15, -0.1) is 0 Å². The molecule has 0 saturated heterocycles. The molecule has 7 rings (SSSR count). The van der Waals surface area contributed by atoms with Gasteiger partial charge in [0.1, 0.15) is 6.17 Å². The first-order valence-corrected chi connectivity index (χ1v) is 14.0. The predicted molar refractivity (Wildman–Crippen MR) is 166 cm³/mol. The predicted octanol–water partition coefficient (Wildman–Crippen LogP) is 8.30. The van der Waals surface area contributed by atoms with Crippen LogP contribution >= 0.6 is 11.9 Å².